The Morgan fingerprint density at radius 2 is 1.85 bits per heavy atom. The molecule has 1 heterocycles. The highest BCUT2D eigenvalue weighted by atomic mass is 16.5. The number of benzene rings is 1. The van der Waals surface area contributed by atoms with E-state index in [2.05, 4.69) is 6.58 Å². The minimum atomic E-state index is -0.627. The van der Waals surface area contributed by atoms with E-state index in [9.17, 15) is 9.59 Å². The topological polar surface area (TPSA) is 66.8 Å². The number of Topliss-reactive ketones (excluding diaryl/α,β-unsaturated/α-hetero) is 1. The van der Waals surface area contributed by atoms with Crippen LogP contribution in [0, 0.1) is 13.8 Å². The van der Waals surface area contributed by atoms with Crippen molar-refractivity contribution >= 4 is 11.8 Å². The molecule has 0 saturated heterocycles. The maximum Gasteiger partial charge on any atom is 0.342 e. The van der Waals surface area contributed by atoms with Gasteiger partial charge in [0, 0.05) is 29.6 Å². The highest BCUT2D eigenvalue weighted by Gasteiger charge is 2.19. The maximum absolute atomic E-state index is 12.5. The lowest BCUT2D eigenvalue weighted by molar-refractivity contribution is 0.0471. The van der Waals surface area contributed by atoms with Crippen LogP contribution in [0.4, 0.5) is 0 Å². The fourth-order valence-electron chi connectivity index (χ4n) is 2.75. The van der Waals surface area contributed by atoms with Crippen LogP contribution in [0.1, 0.15) is 32.1 Å². The molecule has 0 N–H and O–H groups in total. The van der Waals surface area contributed by atoms with Gasteiger partial charge in [-0.3, -0.25) is 4.79 Å². The van der Waals surface area contributed by atoms with Crippen LogP contribution in [0.15, 0.2) is 36.9 Å². The fraction of sp³-hybridized carbons (Fsp3) is 0.300. The number of aryl methyl sites for hydroxylation is 1. The Labute approximate surface area is 153 Å². The Kier molecular flexibility index (Phi) is 6.22. The molecule has 0 atom stereocenters. The second-order valence-electron chi connectivity index (χ2n) is 5.75. The predicted molar refractivity (Wildman–Crippen MR) is 98.3 cm³/mol. The van der Waals surface area contributed by atoms with Gasteiger partial charge in [-0.1, -0.05) is 6.08 Å². The second kappa shape index (κ2) is 8.38. The third-order valence-electron chi connectivity index (χ3n) is 4.15. The van der Waals surface area contributed by atoms with E-state index in [1.807, 2.05) is 18.4 Å². The molecule has 2 rings (SSSR count). The molecule has 0 bridgehead atoms. The zero-order valence-corrected chi connectivity index (χ0v) is 15.5. The number of hydrogen-bond donors (Lipinski definition) is 0. The summed E-state index contributed by atoms with van der Waals surface area (Å²) in [5.41, 5.74) is 2.55. The molecule has 26 heavy (non-hydrogen) atoms. The van der Waals surface area contributed by atoms with Gasteiger partial charge in [-0.05, 0) is 32.0 Å². The average Bonchev–Trinajstić information content (AvgIpc) is 2.93. The van der Waals surface area contributed by atoms with Crippen molar-refractivity contribution in [1.29, 1.82) is 0 Å². The zero-order valence-electron chi connectivity index (χ0n) is 15.5. The van der Waals surface area contributed by atoms with Gasteiger partial charge in [0.1, 0.15) is 17.1 Å². The van der Waals surface area contributed by atoms with E-state index in [0.29, 0.717) is 23.6 Å². The number of methoxy groups -OCH3 is 2. The molecule has 0 saturated carbocycles. The Morgan fingerprint density at radius 1 is 1.12 bits per heavy atom. The molecule has 0 aliphatic rings. The van der Waals surface area contributed by atoms with Crippen molar-refractivity contribution in [3.8, 4) is 11.5 Å². The van der Waals surface area contributed by atoms with Crippen LogP contribution in [0.25, 0.3) is 0 Å². The lowest BCUT2D eigenvalue weighted by atomic mass is 10.1. The van der Waals surface area contributed by atoms with Gasteiger partial charge >= 0.3 is 5.97 Å². The molecule has 0 unspecified atom stereocenters. The Balaban J connectivity index is 2.11. The van der Waals surface area contributed by atoms with Gasteiger partial charge in [0.05, 0.1) is 14.2 Å². The molecular formula is C20H23NO5. The van der Waals surface area contributed by atoms with E-state index < -0.39 is 5.97 Å². The summed E-state index contributed by atoms with van der Waals surface area (Å²) < 4.78 is 17.5. The smallest absolute Gasteiger partial charge is 0.342 e. The number of ketones is 1. The van der Waals surface area contributed by atoms with Crippen molar-refractivity contribution in [3.63, 3.8) is 0 Å². The third-order valence-corrected chi connectivity index (χ3v) is 4.15. The van der Waals surface area contributed by atoms with Crippen LogP contribution in [0.2, 0.25) is 0 Å². The second-order valence-corrected chi connectivity index (χ2v) is 5.75. The van der Waals surface area contributed by atoms with Gasteiger partial charge in [-0.2, -0.15) is 0 Å². The first-order chi connectivity index (χ1) is 12.4. The van der Waals surface area contributed by atoms with Crippen LogP contribution in [0.3, 0.4) is 0 Å². The Bertz CT molecular complexity index is 835. The molecule has 0 fully saturated rings. The molecule has 138 valence electrons. The van der Waals surface area contributed by atoms with Crippen LogP contribution < -0.4 is 9.47 Å². The van der Waals surface area contributed by atoms with Crippen molar-refractivity contribution < 1.29 is 23.8 Å². The van der Waals surface area contributed by atoms with Crippen molar-refractivity contribution in [2.45, 2.75) is 20.4 Å². The molecular weight excluding hydrogens is 334 g/mol. The van der Waals surface area contributed by atoms with Crippen molar-refractivity contribution in [2.24, 2.45) is 0 Å². The number of hydrogen-bond acceptors (Lipinski definition) is 5. The number of esters is 1. The molecule has 0 amide bonds. The number of carbonyl (C=O) groups excluding carboxylic acids is 2. The van der Waals surface area contributed by atoms with Crippen molar-refractivity contribution in [2.75, 3.05) is 20.8 Å². The standard InChI is InChI=1S/C20H23NO5/c1-6-9-21-13(2)10-17(14(21)3)18(22)12-26-20(23)16-8-7-15(24-4)11-19(16)25-5/h6-8,10-11H,1,9,12H2,2-5H3. The van der Waals surface area contributed by atoms with Gasteiger partial charge in [-0.15, -0.1) is 6.58 Å². The van der Waals surface area contributed by atoms with E-state index in [0.717, 1.165) is 11.4 Å². The molecule has 6 heteroatoms. The molecule has 0 aliphatic heterocycles. The minimum Gasteiger partial charge on any atom is -0.497 e. The van der Waals surface area contributed by atoms with E-state index >= 15 is 0 Å². The summed E-state index contributed by atoms with van der Waals surface area (Å²) in [5.74, 6) is 0.00193. The van der Waals surface area contributed by atoms with Gasteiger partial charge < -0.3 is 18.8 Å². The molecule has 0 radical (unpaired) electrons. The van der Waals surface area contributed by atoms with Crippen molar-refractivity contribution in [1.82, 2.24) is 4.57 Å². The fourth-order valence-corrected chi connectivity index (χ4v) is 2.75. The average molecular weight is 357 g/mol. The first-order valence-electron chi connectivity index (χ1n) is 8.12. The van der Waals surface area contributed by atoms with E-state index in [-0.39, 0.29) is 18.0 Å². The zero-order chi connectivity index (χ0) is 19.3. The van der Waals surface area contributed by atoms with E-state index in [1.54, 1.807) is 30.3 Å². The molecule has 2 aromatic rings. The highest BCUT2D eigenvalue weighted by Crippen LogP contribution is 2.25. The van der Waals surface area contributed by atoms with Crippen LogP contribution in [-0.2, 0) is 11.3 Å². The molecule has 0 aliphatic carbocycles. The van der Waals surface area contributed by atoms with Gasteiger partial charge in [-0.25, -0.2) is 4.79 Å². The maximum atomic E-state index is 12.5. The third kappa shape index (κ3) is 3.96. The number of ether oxygens (including phenoxy) is 3. The van der Waals surface area contributed by atoms with Crippen molar-refractivity contribution in [3.05, 3.63) is 59.4 Å². The number of aromatic nitrogens is 1. The summed E-state index contributed by atoms with van der Waals surface area (Å²) in [5, 5.41) is 0. The number of allylic oxidation sites excluding steroid dienone is 1. The lowest BCUT2D eigenvalue weighted by Gasteiger charge is -2.10. The Morgan fingerprint density at radius 3 is 2.46 bits per heavy atom. The summed E-state index contributed by atoms with van der Waals surface area (Å²) >= 11 is 0. The van der Waals surface area contributed by atoms with Crippen LogP contribution in [-0.4, -0.2) is 37.1 Å². The first kappa shape index (κ1) is 19.3. The van der Waals surface area contributed by atoms with Gasteiger partial charge in [0.25, 0.3) is 0 Å². The molecule has 1 aromatic carbocycles. The van der Waals surface area contributed by atoms with E-state index in [1.165, 1.54) is 14.2 Å². The lowest BCUT2D eigenvalue weighted by Crippen LogP contribution is -2.15. The summed E-state index contributed by atoms with van der Waals surface area (Å²) in [7, 11) is 2.97. The van der Waals surface area contributed by atoms with Crippen LogP contribution >= 0.6 is 0 Å². The molecule has 6 nitrogen and oxygen atoms in total. The highest BCUT2D eigenvalue weighted by molar-refractivity contribution is 6.01. The summed E-state index contributed by atoms with van der Waals surface area (Å²) in [4.78, 5) is 24.8. The normalized spacial score (nSPS) is 10.3. The summed E-state index contributed by atoms with van der Waals surface area (Å²) in [6.07, 6.45) is 1.77. The number of rotatable bonds is 8. The summed E-state index contributed by atoms with van der Waals surface area (Å²) in [6.45, 7) is 7.77. The quantitative estimate of drug-likeness (QED) is 0.412. The SMILES string of the molecule is C=CCn1c(C)cc(C(=O)COC(=O)c2ccc(OC)cc2OC)c1C. The van der Waals surface area contributed by atoms with Gasteiger partial charge in [0.15, 0.2) is 6.61 Å². The monoisotopic (exact) mass is 357 g/mol. The predicted octanol–water partition coefficient (Wildman–Crippen LogP) is 3.35. The minimum absolute atomic E-state index is 0.234. The van der Waals surface area contributed by atoms with Crippen LogP contribution in [0.5, 0.6) is 11.5 Å². The largest absolute Gasteiger partial charge is 0.497 e. The van der Waals surface area contributed by atoms with E-state index in [4.69, 9.17) is 14.2 Å². The number of nitrogens with zero attached hydrogens (tertiary/aromatic N) is 1. The first-order valence-corrected chi connectivity index (χ1v) is 8.12. The molecule has 1 aromatic heterocycles. The van der Waals surface area contributed by atoms with Gasteiger partial charge in [0.2, 0.25) is 5.78 Å². The Hall–Kier alpha value is -3.02. The summed E-state index contributed by atoms with van der Waals surface area (Å²) in [6, 6.07) is 6.55. The molecule has 0 spiro atoms. The number of carbonyl (C=O) groups is 2.